The van der Waals surface area contributed by atoms with Gasteiger partial charge in [0.15, 0.2) is 0 Å². The number of methoxy groups -OCH3 is 1. The number of ether oxygens (including phenoxy) is 1. The van der Waals surface area contributed by atoms with Gasteiger partial charge in [0, 0.05) is 7.11 Å². The minimum atomic E-state index is 0.131. The second kappa shape index (κ2) is 4.68. The SMILES string of the molecule is CNC(c1occc1Br)C(OC)C1CC1. The molecule has 3 nitrogen and oxygen atoms in total. The molecule has 1 aliphatic rings. The lowest BCUT2D eigenvalue weighted by molar-refractivity contribution is 0.0461. The lowest BCUT2D eigenvalue weighted by Gasteiger charge is -2.24. The maximum atomic E-state index is 5.56. The normalized spacial score (nSPS) is 20.2. The molecule has 1 saturated carbocycles. The van der Waals surface area contributed by atoms with Crippen molar-refractivity contribution in [3.05, 3.63) is 22.6 Å². The minimum Gasteiger partial charge on any atom is -0.466 e. The third-order valence-corrected chi connectivity index (χ3v) is 3.58. The van der Waals surface area contributed by atoms with Crippen LogP contribution in [0.1, 0.15) is 24.6 Å². The Labute approximate surface area is 98.3 Å². The Hall–Kier alpha value is -0.320. The van der Waals surface area contributed by atoms with Crippen molar-refractivity contribution >= 4 is 15.9 Å². The van der Waals surface area contributed by atoms with E-state index in [4.69, 9.17) is 9.15 Å². The van der Waals surface area contributed by atoms with Crippen molar-refractivity contribution in [3.8, 4) is 0 Å². The van der Waals surface area contributed by atoms with Crippen molar-refractivity contribution in [2.24, 2.45) is 5.92 Å². The molecule has 1 fully saturated rings. The first-order valence-electron chi connectivity index (χ1n) is 5.21. The van der Waals surface area contributed by atoms with Crippen molar-refractivity contribution in [3.63, 3.8) is 0 Å². The molecular weight excluding hydrogens is 258 g/mol. The van der Waals surface area contributed by atoms with E-state index in [0.29, 0.717) is 5.92 Å². The Balaban J connectivity index is 2.18. The monoisotopic (exact) mass is 273 g/mol. The number of rotatable bonds is 5. The first-order valence-corrected chi connectivity index (χ1v) is 6.00. The number of furan rings is 1. The molecule has 2 rings (SSSR count). The molecule has 15 heavy (non-hydrogen) atoms. The summed E-state index contributed by atoms with van der Waals surface area (Å²) < 4.78 is 12.1. The average Bonchev–Trinajstić information content (AvgIpc) is 2.99. The Kier molecular flexibility index (Phi) is 3.49. The van der Waals surface area contributed by atoms with E-state index < -0.39 is 0 Å². The topological polar surface area (TPSA) is 34.4 Å². The van der Waals surface area contributed by atoms with Crippen LogP contribution in [0.15, 0.2) is 21.2 Å². The zero-order valence-electron chi connectivity index (χ0n) is 9.00. The van der Waals surface area contributed by atoms with E-state index in [2.05, 4.69) is 21.2 Å². The van der Waals surface area contributed by atoms with Gasteiger partial charge < -0.3 is 14.5 Å². The molecule has 0 spiro atoms. The predicted octanol–water partition coefficient (Wildman–Crippen LogP) is 2.73. The Morgan fingerprint density at radius 3 is 2.73 bits per heavy atom. The lowest BCUT2D eigenvalue weighted by atomic mass is 10.0. The maximum Gasteiger partial charge on any atom is 0.137 e. The highest BCUT2D eigenvalue weighted by molar-refractivity contribution is 9.10. The van der Waals surface area contributed by atoms with Crippen LogP contribution in [-0.2, 0) is 4.74 Å². The Morgan fingerprint density at radius 2 is 2.33 bits per heavy atom. The molecule has 1 aromatic heterocycles. The molecule has 0 bridgehead atoms. The van der Waals surface area contributed by atoms with Gasteiger partial charge in [-0.25, -0.2) is 0 Å². The van der Waals surface area contributed by atoms with Gasteiger partial charge in [-0.1, -0.05) is 0 Å². The van der Waals surface area contributed by atoms with Gasteiger partial charge in [0.05, 0.1) is 22.9 Å². The third-order valence-electron chi connectivity index (χ3n) is 2.93. The van der Waals surface area contributed by atoms with E-state index in [1.165, 1.54) is 12.8 Å². The van der Waals surface area contributed by atoms with Crippen LogP contribution in [0, 0.1) is 5.92 Å². The minimum absolute atomic E-state index is 0.131. The van der Waals surface area contributed by atoms with Crippen molar-refractivity contribution < 1.29 is 9.15 Å². The number of hydrogen-bond donors (Lipinski definition) is 1. The Morgan fingerprint density at radius 1 is 1.60 bits per heavy atom. The lowest BCUT2D eigenvalue weighted by Crippen LogP contribution is -2.32. The van der Waals surface area contributed by atoms with Crippen LogP contribution in [0.25, 0.3) is 0 Å². The summed E-state index contributed by atoms with van der Waals surface area (Å²) in [6.45, 7) is 0. The van der Waals surface area contributed by atoms with Crippen LogP contribution < -0.4 is 5.32 Å². The molecule has 0 aromatic carbocycles. The zero-order valence-corrected chi connectivity index (χ0v) is 10.6. The van der Waals surface area contributed by atoms with E-state index >= 15 is 0 Å². The summed E-state index contributed by atoms with van der Waals surface area (Å²) in [6.07, 6.45) is 4.42. The summed E-state index contributed by atoms with van der Waals surface area (Å²) >= 11 is 3.49. The van der Waals surface area contributed by atoms with Crippen LogP contribution in [-0.4, -0.2) is 20.3 Å². The van der Waals surface area contributed by atoms with Gasteiger partial charge in [0.1, 0.15) is 5.76 Å². The van der Waals surface area contributed by atoms with Crippen molar-refractivity contribution in [2.75, 3.05) is 14.2 Å². The van der Waals surface area contributed by atoms with Gasteiger partial charge in [-0.3, -0.25) is 0 Å². The number of likely N-dealkylation sites (N-methyl/N-ethyl adjacent to an activating group) is 1. The summed E-state index contributed by atoms with van der Waals surface area (Å²) in [5.74, 6) is 1.60. The molecule has 0 saturated heterocycles. The number of nitrogens with one attached hydrogen (secondary N) is 1. The van der Waals surface area contributed by atoms with Crippen LogP contribution >= 0.6 is 15.9 Å². The Bertz CT molecular complexity index is 322. The molecule has 1 N–H and O–H groups in total. The van der Waals surface area contributed by atoms with Gasteiger partial charge in [-0.05, 0) is 47.8 Å². The largest absolute Gasteiger partial charge is 0.466 e. The maximum absolute atomic E-state index is 5.56. The standard InChI is InChI=1S/C11H16BrNO2/c1-13-9(10(14-2)7-3-4-7)11-8(12)5-6-15-11/h5-7,9-10,13H,3-4H2,1-2H3. The first-order chi connectivity index (χ1) is 7.27. The van der Waals surface area contributed by atoms with Gasteiger partial charge in [0.25, 0.3) is 0 Å². The van der Waals surface area contributed by atoms with E-state index in [9.17, 15) is 0 Å². The number of hydrogen-bond acceptors (Lipinski definition) is 3. The van der Waals surface area contributed by atoms with Crippen LogP contribution in [0.2, 0.25) is 0 Å². The predicted molar refractivity (Wildman–Crippen MR) is 61.7 cm³/mol. The fourth-order valence-electron chi connectivity index (χ4n) is 2.00. The molecule has 1 aliphatic carbocycles. The van der Waals surface area contributed by atoms with Gasteiger partial charge >= 0.3 is 0 Å². The van der Waals surface area contributed by atoms with E-state index in [1.807, 2.05) is 13.1 Å². The van der Waals surface area contributed by atoms with Gasteiger partial charge in [0.2, 0.25) is 0 Å². The van der Waals surface area contributed by atoms with Crippen molar-refractivity contribution in [1.29, 1.82) is 0 Å². The highest BCUT2D eigenvalue weighted by atomic mass is 79.9. The highest BCUT2D eigenvalue weighted by Crippen LogP contribution is 2.41. The first kappa shape index (κ1) is 11.2. The molecule has 4 heteroatoms. The van der Waals surface area contributed by atoms with Crippen LogP contribution in [0.5, 0.6) is 0 Å². The number of halogens is 1. The average molecular weight is 274 g/mol. The fourth-order valence-corrected chi connectivity index (χ4v) is 2.45. The third kappa shape index (κ3) is 2.27. The molecule has 1 heterocycles. The fraction of sp³-hybridized carbons (Fsp3) is 0.636. The van der Waals surface area contributed by atoms with E-state index in [0.717, 1.165) is 10.2 Å². The summed E-state index contributed by atoms with van der Waals surface area (Å²) in [5.41, 5.74) is 0. The quantitative estimate of drug-likeness (QED) is 0.896. The molecule has 2 unspecified atom stereocenters. The van der Waals surface area contributed by atoms with Gasteiger partial charge in [-0.2, -0.15) is 0 Å². The van der Waals surface area contributed by atoms with Crippen LogP contribution in [0.4, 0.5) is 0 Å². The summed E-state index contributed by atoms with van der Waals surface area (Å²) in [4.78, 5) is 0. The van der Waals surface area contributed by atoms with Crippen molar-refractivity contribution in [2.45, 2.75) is 25.0 Å². The van der Waals surface area contributed by atoms with Crippen LogP contribution in [0.3, 0.4) is 0 Å². The second-order valence-electron chi connectivity index (χ2n) is 3.94. The highest BCUT2D eigenvalue weighted by Gasteiger charge is 2.38. The molecule has 0 aliphatic heterocycles. The summed E-state index contributed by atoms with van der Waals surface area (Å²) in [5, 5.41) is 3.27. The smallest absolute Gasteiger partial charge is 0.137 e. The molecule has 0 amide bonds. The van der Waals surface area contributed by atoms with E-state index in [1.54, 1.807) is 13.4 Å². The molecule has 1 aromatic rings. The molecule has 84 valence electrons. The van der Waals surface area contributed by atoms with Crippen molar-refractivity contribution in [1.82, 2.24) is 5.32 Å². The molecule has 2 atom stereocenters. The van der Waals surface area contributed by atoms with Gasteiger partial charge in [-0.15, -0.1) is 0 Å². The summed E-state index contributed by atoms with van der Waals surface area (Å²) in [6, 6.07) is 2.05. The summed E-state index contributed by atoms with van der Waals surface area (Å²) in [7, 11) is 3.71. The van der Waals surface area contributed by atoms with E-state index in [-0.39, 0.29) is 12.1 Å². The second-order valence-corrected chi connectivity index (χ2v) is 4.79. The molecule has 0 radical (unpaired) electrons. The molecular formula is C11H16BrNO2. The zero-order chi connectivity index (χ0) is 10.8.